The minimum Gasteiger partial charge on any atom is -0.262 e. The summed E-state index contributed by atoms with van der Waals surface area (Å²) in [5.41, 5.74) is 2.76. The van der Waals surface area contributed by atoms with E-state index in [1.54, 1.807) is 12.1 Å². The molecule has 0 saturated carbocycles. The van der Waals surface area contributed by atoms with E-state index in [1.807, 2.05) is 72.8 Å². The Hall–Kier alpha value is -2.59. The Kier molecular flexibility index (Phi) is 5.74. The Morgan fingerprint density at radius 3 is 1.88 bits per heavy atom. The molecule has 0 atom stereocenters. The van der Waals surface area contributed by atoms with Crippen LogP contribution in [0.1, 0.15) is 24.5 Å². The van der Waals surface area contributed by atoms with Gasteiger partial charge in [0.15, 0.2) is 0 Å². The molecule has 0 bridgehead atoms. The molecule has 3 nitrogen and oxygen atoms in total. The zero-order valence-corrected chi connectivity index (χ0v) is 15.7. The molecule has 0 aliphatic rings. The molecular weight excluding hydrogens is 342 g/mol. The van der Waals surface area contributed by atoms with Crippen LogP contribution in [0.4, 0.5) is 5.69 Å². The van der Waals surface area contributed by atoms with Crippen molar-refractivity contribution in [2.45, 2.75) is 31.2 Å². The van der Waals surface area contributed by atoms with Crippen LogP contribution < -0.4 is 4.31 Å². The molecule has 0 radical (unpaired) electrons. The van der Waals surface area contributed by atoms with Gasteiger partial charge in [-0.3, -0.25) is 4.31 Å². The summed E-state index contributed by atoms with van der Waals surface area (Å²) in [7, 11) is -3.65. The average Bonchev–Trinajstić information content (AvgIpc) is 2.68. The van der Waals surface area contributed by atoms with Crippen LogP contribution in [0.3, 0.4) is 0 Å². The normalized spacial score (nSPS) is 11.3. The lowest BCUT2D eigenvalue weighted by Gasteiger charge is -2.25. The molecule has 0 saturated heterocycles. The second-order valence-corrected chi connectivity index (χ2v) is 8.09. The number of hydrogen-bond donors (Lipinski definition) is 0. The fraction of sp³-hybridized carbons (Fsp3) is 0.182. The summed E-state index contributed by atoms with van der Waals surface area (Å²) < 4.78 is 28.1. The molecule has 0 N–H and O–H groups in total. The maximum atomic E-state index is 13.3. The molecule has 3 aromatic carbocycles. The zero-order valence-electron chi connectivity index (χ0n) is 14.9. The molecule has 0 spiro atoms. The first-order valence-electron chi connectivity index (χ1n) is 8.82. The third kappa shape index (κ3) is 4.14. The van der Waals surface area contributed by atoms with Crippen molar-refractivity contribution in [3.63, 3.8) is 0 Å². The van der Waals surface area contributed by atoms with Crippen molar-refractivity contribution in [2.75, 3.05) is 4.31 Å². The summed E-state index contributed by atoms with van der Waals surface area (Å²) in [6, 6.07) is 26.1. The number of anilines is 1. The Morgan fingerprint density at radius 2 is 1.31 bits per heavy atom. The largest absolute Gasteiger partial charge is 0.264 e. The number of sulfonamides is 1. The van der Waals surface area contributed by atoms with Gasteiger partial charge in [-0.05, 0) is 41.8 Å². The Balaban J connectivity index is 1.99. The minimum absolute atomic E-state index is 0.296. The number of hydrogen-bond acceptors (Lipinski definition) is 2. The average molecular weight is 365 g/mol. The third-order valence-electron chi connectivity index (χ3n) is 4.26. The highest BCUT2D eigenvalue weighted by Crippen LogP contribution is 2.26. The smallest absolute Gasteiger partial charge is 0.262 e. The molecule has 3 rings (SSSR count). The molecule has 0 amide bonds. The zero-order chi connectivity index (χ0) is 18.4. The van der Waals surface area contributed by atoms with Gasteiger partial charge in [-0.25, -0.2) is 8.42 Å². The number of rotatable bonds is 7. The van der Waals surface area contributed by atoms with Gasteiger partial charge in [0.05, 0.1) is 17.1 Å². The second kappa shape index (κ2) is 8.19. The van der Waals surface area contributed by atoms with Crippen molar-refractivity contribution < 1.29 is 8.42 Å². The minimum atomic E-state index is -3.65. The molecule has 3 aromatic rings. The van der Waals surface area contributed by atoms with Gasteiger partial charge < -0.3 is 0 Å². The van der Waals surface area contributed by atoms with Gasteiger partial charge in [-0.15, -0.1) is 0 Å². The van der Waals surface area contributed by atoms with Crippen LogP contribution in [0.5, 0.6) is 0 Å². The number of aryl methyl sites for hydroxylation is 1. The van der Waals surface area contributed by atoms with E-state index in [2.05, 4.69) is 6.92 Å². The van der Waals surface area contributed by atoms with E-state index < -0.39 is 10.0 Å². The van der Waals surface area contributed by atoms with Gasteiger partial charge in [-0.1, -0.05) is 74.0 Å². The topological polar surface area (TPSA) is 37.4 Å². The fourth-order valence-corrected chi connectivity index (χ4v) is 4.36. The number of benzene rings is 3. The summed E-state index contributed by atoms with van der Waals surface area (Å²) in [6.07, 6.45) is 1.99. The van der Waals surface area contributed by atoms with Crippen LogP contribution in [-0.4, -0.2) is 8.42 Å². The molecule has 0 fully saturated rings. The van der Waals surface area contributed by atoms with E-state index in [9.17, 15) is 8.42 Å². The Labute approximate surface area is 156 Å². The maximum Gasteiger partial charge on any atom is 0.264 e. The second-order valence-electron chi connectivity index (χ2n) is 6.23. The lowest BCUT2D eigenvalue weighted by Crippen LogP contribution is -2.30. The van der Waals surface area contributed by atoms with Gasteiger partial charge in [0, 0.05) is 0 Å². The summed E-state index contributed by atoms with van der Waals surface area (Å²) in [5.74, 6) is 0. The molecule has 0 unspecified atom stereocenters. The third-order valence-corrected chi connectivity index (χ3v) is 6.05. The standard InChI is InChI=1S/C22H23NO2S/c1-2-9-19-14-16-22(17-15-19)26(24,25)23(21-12-7-4-8-13-21)18-20-10-5-3-6-11-20/h3-8,10-17H,2,9,18H2,1H3. The van der Waals surface area contributed by atoms with Crippen LogP contribution >= 0.6 is 0 Å². The highest BCUT2D eigenvalue weighted by atomic mass is 32.2. The van der Waals surface area contributed by atoms with Crippen LogP contribution in [-0.2, 0) is 23.0 Å². The maximum absolute atomic E-state index is 13.3. The summed E-state index contributed by atoms with van der Waals surface area (Å²) in [5, 5.41) is 0. The van der Waals surface area contributed by atoms with Gasteiger partial charge in [0.2, 0.25) is 0 Å². The first kappa shape index (κ1) is 18.2. The van der Waals surface area contributed by atoms with Gasteiger partial charge >= 0.3 is 0 Å². The van der Waals surface area contributed by atoms with E-state index >= 15 is 0 Å². The first-order valence-corrected chi connectivity index (χ1v) is 10.3. The fourth-order valence-electron chi connectivity index (χ4n) is 2.90. The molecule has 0 aliphatic heterocycles. The van der Waals surface area contributed by atoms with E-state index in [4.69, 9.17) is 0 Å². The molecule has 0 aliphatic carbocycles. The van der Waals surface area contributed by atoms with Crippen molar-refractivity contribution in [3.8, 4) is 0 Å². The van der Waals surface area contributed by atoms with Gasteiger partial charge in [0.25, 0.3) is 10.0 Å². The van der Waals surface area contributed by atoms with E-state index in [0.717, 1.165) is 24.0 Å². The molecular formula is C22H23NO2S. The Morgan fingerprint density at radius 1 is 0.731 bits per heavy atom. The van der Waals surface area contributed by atoms with Crippen molar-refractivity contribution in [3.05, 3.63) is 96.1 Å². The predicted molar refractivity (Wildman–Crippen MR) is 107 cm³/mol. The van der Waals surface area contributed by atoms with Crippen LogP contribution in [0.15, 0.2) is 89.8 Å². The summed E-state index contributed by atoms with van der Waals surface area (Å²) in [4.78, 5) is 0.317. The molecule has 134 valence electrons. The highest BCUT2D eigenvalue weighted by Gasteiger charge is 2.25. The van der Waals surface area contributed by atoms with Crippen LogP contribution in [0, 0.1) is 0 Å². The quantitative estimate of drug-likeness (QED) is 0.588. The lowest BCUT2D eigenvalue weighted by atomic mass is 10.1. The van der Waals surface area contributed by atoms with Crippen molar-refractivity contribution in [2.24, 2.45) is 0 Å². The summed E-state index contributed by atoms with van der Waals surface area (Å²) >= 11 is 0. The number of nitrogens with zero attached hydrogens (tertiary/aromatic N) is 1. The van der Waals surface area contributed by atoms with Gasteiger partial charge in [-0.2, -0.15) is 0 Å². The van der Waals surface area contributed by atoms with Crippen molar-refractivity contribution in [1.82, 2.24) is 0 Å². The Bertz CT molecular complexity index is 921. The van der Waals surface area contributed by atoms with E-state index in [1.165, 1.54) is 4.31 Å². The first-order chi connectivity index (χ1) is 12.6. The molecule has 0 heterocycles. The summed E-state index contributed by atoms with van der Waals surface area (Å²) in [6.45, 7) is 2.41. The molecule has 4 heteroatoms. The predicted octanol–water partition coefficient (Wildman–Crippen LogP) is 5.03. The lowest BCUT2D eigenvalue weighted by molar-refractivity contribution is 0.590. The van der Waals surface area contributed by atoms with Crippen LogP contribution in [0.25, 0.3) is 0 Å². The highest BCUT2D eigenvalue weighted by molar-refractivity contribution is 7.92. The molecule has 0 aromatic heterocycles. The number of para-hydroxylation sites is 1. The van der Waals surface area contributed by atoms with Crippen molar-refractivity contribution in [1.29, 1.82) is 0 Å². The van der Waals surface area contributed by atoms with Crippen molar-refractivity contribution >= 4 is 15.7 Å². The molecule has 26 heavy (non-hydrogen) atoms. The monoisotopic (exact) mass is 365 g/mol. The van der Waals surface area contributed by atoms with E-state index in [-0.39, 0.29) is 0 Å². The van der Waals surface area contributed by atoms with Gasteiger partial charge in [0.1, 0.15) is 0 Å². The van der Waals surface area contributed by atoms with Crippen LogP contribution in [0.2, 0.25) is 0 Å². The van der Waals surface area contributed by atoms with E-state index in [0.29, 0.717) is 17.1 Å². The SMILES string of the molecule is CCCc1ccc(S(=O)(=O)N(Cc2ccccc2)c2ccccc2)cc1.